The third-order valence-electron chi connectivity index (χ3n) is 3.71. The van der Waals surface area contributed by atoms with Crippen molar-refractivity contribution in [1.82, 2.24) is 0 Å². The fourth-order valence-electron chi connectivity index (χ4n) is 2.63. The molecular weight excluding hydrogens is 266 g/mol. The Hall–Kier alpha value is -2.49. The monoisotopic (exact) mass is 283 g/mol. The number of nitrogen functional groups attached to an aromatic ring is 1. The van der Waals surface area contributed by atoms with Crippen LogP contribution in [-0.2, 0) is 6.42 Å². The number of para-hydroxylation sites is 2. The van der Waals surface area contributed by atoms with Crippen molar-refractivity contribution in [3.05, 3.63) is 53.1 Å². The van der Waals surface area contributed by atoms with Crippen molar-refractivity contribution in [2.45, 2.75) is 12.8 Å². The molecule has 0 saturated heterocycles. The van der Waals surface area contributed by atoms with Crippen LogP contribution in [0.15, 0.2) is 36.4 Å². The first-order chi connectivity index (χ1) is 10.2. The summed E-state index contributed by atoms with van der Waals surface area (Å²) in [6, 6.07) is 10.9. The van der Waals surface area contributed by atoms with Crippen LogP contribution in [0.1, 0.15) is 27.9 Å². The van der Waals surface area contributed by atoms with E-state index in [1.165, 1.54) is 7.11 Å². The molecule has 2 N–H and O–H groups in total. The highest BCUT2D eigenvalue weighted by molar-refractivity contribution is 6.14. The summed E-state index contributed by atoms with van der Waals surface area (Å²) < 4.78 is 10.9. The molecule has 4 nitrogen and oxygen atoms in total. The number of carbonyl (C=O) groups excluding carboxylic acids is 1. The summed E-state index contributed by atoms with van der Waals surface area (Å²) in [6.45, 7) is 0.644. The van der Waals surface area contributed by atoms with Gasteiger partial charge in [-0.15, -0.1) is 0 Å². The molecule has 0 amide bonds. The number of rotatable bonds is 3. The number of fused-ring (bicyclic) bond motifs is 1. The maximum absolute atomic E-state index is 12.8. The Labute approximate surface area is 123 Å². The summed E-state index contributed by atoms with van der Waals surface area (Å²) in [5.74, 6) is 1.06. The maximum Gasteiger partial charge on any atom is 0.198 e. The molecule has 2 aromatic carbocycles. The molecule has 1 aliphatic rings. The van der Waals surface area contributed by atoms with Crippen LogP contribution in [0.2, 0.25) is 0 Å². The molecule has 4 heteroatoms. The van der Waals surface area contributed by atoms with Gasteiger partial charge >= 0.3 is 0 Å². The third-order valence-corrected chi connectivity index (χ3v) is 3.71. The Morgan fingerprint density at radius 1 is 1.19 bits per heavy atom. The predicted octanol–water partition coefficient (Wildman–Crippen LogP) is 2.83. The first-order valence-electron chi connectivity index (χ1n) is 6.94. The van der Waals surface area contributed by atoms with Crippen molar-refractivity contribution in [3.8, 4) is 11.5 Å². The lowest BCUT2D eigenvalue weighted by Gasteiger charge is -2.20. The number of benzene rings is 2. The number of ether oxygens (including phenoxy) is 2. The number of carbonyl (C=O) groups is 1. The van der Waals surface area contributed by atoms with E-state index in [0.29, 0.717) is 34.9 Å². The Morgan fingerprint density at radius 3 is 2.76 bits per heavy atom. The molecule has 3 rings (SSSR count). The van der Waals surface area contributed by atoms with Crippen molar-refractivity contribution in [2.75, 3.05) is 19.5 Å². The quantitative estimate of drug-likeness (QED) is 0.695. The van der Waals surface area contributed by atoms with E-state index in [2.05, 4.69) is 0 Å². The summed E-state index contributed by atoms with van der Waals surface area (Å²) in [6.07, 6.45) is 1.91. The van der Waals surface area contributed by atoms with E-state index in [-0.39, 0.29) is 5.78 Å². The van der Waals surface area contributed by atoms with Gasteiger partial charge in [0.15, 0.2) is 5.78 Å². The van der Waals surface area contributed by atoms with Gasteiger partial charge in [-0.3, -0.25) is 4.79 Å². The average Bonchev–Trinajstić information content (AvgIpc) is 2.54. The van der Waals surface area contributed by atoms with E-state index >= 15 is 0 Å². The van der Waals surface area contributed by atoms with Gasteiger partial charge in [-0.1, -0.05) is 18.2 Å². The van der Waals surface area contributed by atoms with Crippen LogP contribution < -0.4 is 15.2 Å². The zero-order valence-electron chi connectivity index (χ0n) is 11.9. The van der Waals surface area contributed by atoms with Crippen LogP contribution in [0.4, 0.5) is 5.69 Å². The largest absolute Gasteiger partial charge is 0.495 e. The molecule has 0 unspecified atom stereocenters. The maximum atomic E-state index is 12.8. The molecule has 1 aliphatic heterocycles. The molecule has 0 spiro atoms. The summed E-state index contributed by atoms with van der Waals surface area (Å²) in [5, 5.41) is 0. The third kappa shape index (κ3) is 2.33. The molecule has 0 atom stereocenters. The van der Waals surface area contributed by atoms with Crippen LogP contribution in [-0.4, -0.2) is 19.5 Å². The van der Waals surface area contributed by atoms with Crippen molar-refractivity contribution in [2.24, 2.45) is 0 Å². The predicted molar refractivity (Wildman–Crippen MR) is 81.1 cm³/mol. The van der Waals surface area contributed by atoms with Crippen molar-refractivity contribution in [3.63, 3.8) is 0 Å². The highest BCUT2D eigenvalue weighted by Crippen LogP contribution is 2.33. The minimum atomic E-state index is -0.134. The Kier molecular flexibility index (Phi) is 3.52. The number of ketones is 1. The van der Waals surface area contributed by atoms with E-state index in [4.69, 9.17) is 15.2 Å². The van der Waals surface area contributed by atoms with E-state index in [1.807, 2.05) is 12.1 Å². The minimum absolute atomic E-state index is 0.134. The zero-order valence-corrected chi connectivity index (χ0v) is 11.9. The number of aryl methyl sites for hydroxylation is 1. The van der Waals surface area contributed by atoms with Gasteiger partial charge in [0.25, 0.3) is 0 Å². The van der Waals surface area contributed by atoms with Crippen molar-refractivity contribution in [1.29, 1.82) is 0 Å². The SMILES string of the molecule is COc1cccc(C(=O)c2cccc3c2OCCC3)c1N. The molecule has 0 saturated carbocycles. The molecule has 108 valence electrons. The number of nitrogens with two attached hydrogens (primary N) is 1. The van der Waals surface area contributed by atoms with Gasteiger partial charge in [0.2, 0.25) is 0 Å². The van der Waals surface area contributed by atoms with Crippen molar-refractivity contribution < 1.29 is 14.3 Å². The van der Waals surface area contributed by atoms with E-state index in [1.54, 1.807) is 24.3 Å². The van der Waals surface area contributed by atoms with Crippen LogP contribution in [0.3, 0.4) is 0 Å². The fourth-order valence-corrected chi connectivity index (χ4v) is 2.63. The van der Waals surface area contributed by atoms with Crippen LogP contribution in [0.25, 0.3) is 0 Å². The Bertz CT molecular complexity index is 694. The van der Waals surface area contributed by atoms with Gasteiger partial charge in [0.05, 0.1) is 25.0 Å². The van der Waals surface area contributed by atoms with Crippen LogP contribution in [0, 0.1) is 0 Å². The van der Waals surface area contributed by atoms with Gasteiger partial charge in [0.1, 0.15) is 11.5 Å². The molecular formula is C17H17NO3. The second-order valence-electron chi connectivity index (χ2n) is 5.00. The van der Waals surface area contributed by atoms with Gasteiger partial charge in [-0.25, -0.2) is 0 Å². The summed E-state index contributed by atoms with van der Waals surface area (Å²) >= 11 is 0. The molecule has 0 aromatic heterocycles. The standard InChI is InChI=1S/C17H17NO3/c1-20-14-9-3-7-12(15(14)18)16(19)13-8-2-5-11-6-4-10-21-17(11)13/h2-3,5,7-9H,4,6,10,18H2,1H3. The van der Waals surface area contributed by atoms with Gasteiger partial charge in [-0.2, -0.15) is 0 Å². The lowest BCUT2D eigenvalue weighted by atomic mass is 9.96. The normalized spacial score (nSPS) is 13.2. The zero-order chi connectivity index (χ0) is 14.8. The highest BCUT2D eigenvalue weighted by atomic mass is 16.5. The topological polar surface area (TPSA) is 61.5 Å². The summed E-state index contributed by atoms with van der Waals surface area (Å²) in [4.78, 5) is 12.8. The lowest BCUT2D eigenvalue weighted by Crippen LogP contribution is -2.14. The number of hydrogen-bond acceptors (Lipinski definition) is 4. The number of anilines is 1. The van der Waals surface area contributed by atoms with Crippen LogP contribution in [0.5, 0.6) is 11.5 Å². The molecule has 0 aliphatic carbocycles. The minimum Gasteiger partial charge on any atom is -0.495 e. The van der Waals surface area contributed by atoms with E-state index in [9.17, 15) is 4.79 Å². The van der Waals surface area contributed by atoms with Gasteiger partial charge in [0, 0.05) is 5.56 Å². The first-order valence-corrected chi connectivity index (χ1v) is 6.94. The molecule has 0 bridgehead atoms. The summed E-state index contributed by atoms with van der Waals surface area (Å²) in [7, 11) is 1.54. The highest BCUT2D eigenvalue weighted by Gasteiger charge is 2.22. The Balaban J connectivity index is 2.07. The van der Waals surface area contributed by atoms with Gasteiger partial charge in [-0.05, 0) is 36.6 Å². The molecule has 2 aromatic rings. The fraction of sp³-hybridized carbons (Fsp3) is 0.235. The van der Waals surface area contributed by atoms with E-state index in [0.717, 1.165) is 18.4 Å². The number of methoxy groups -OCH3 is 1. The second kappa shape index (κ2) is 5.48. The molecule has 0 radical (unpaired) electrons. The lowest BCUT2D eigenvalue weighted by molar-refractivity contribution is 0.103. The first kappa shape index (κ1) is 13.5. The molecule has 0 fully saturated rings. The Morgan fingerprint density at radius 2 is 1.95 bits per heavy atom. The second-order valence-corrected chi connectivity index (χ2v) is 5.00. The van der Waals surface area contributed by atoms with Crippen LogP contribution >= 0.6 is 0 Å². The van der Waals surface area contributed by atoms with Gasteiger partial charge < -0.3 is 15.2 Å². The smallest absolute Gasteiger partial charge is 0.198 e. The summed E-state index contributed by atoms with van der Waals surface area (Å²) in [5.41, 5.74) is 8.46. The molecule has 21 heavy (non-hydrogen) atoms. The average molecular weight is 283 g/mol. The van der Waals surface area contributed by atoms with E-state index < -0.39 is 0 Å². The van der Waals surface area contributed by atoms with Crippen molar-refractivity contribution >= 4 is 11.5 Å². The molecule has 1 heterocycles. The number of hydrogen-bond donors (Lipinski definition) is 1.